The largest absolute Gasteiger partial charge is 0.298 e. The van der Waals surface area contributed by atoms with Gasteiger partial charge in [-0.25, -0.2) is 0 Å². The summed E-state index contributed by atoms with van der Waals surface area (Å²) in [6.07, 6.45) is 5.61. The second-order valence-electron chi connectivity index (χ2n) is 3.98. The number of hydrogen-bond donors (Lipinski definition) is 0. The highest BCUT2D eigenvalue weighted by atomic mass is 16.1. The Labute approximate surface area is 75.9 Å². The Balaban J connectivity index is 3.86. The molecule has 0 atom stereocenters. The molecule has 0 bridgehead atoms. The molecular weight excluding hydrogens is 148 g/mol. The number of aldehydes is 1. The lowest BCUT2D eigenvalue weighted by Crippen LogP contribution is -2.14. The molecule has 0 aromatic rings. The van der Waals surface area contributed by atoms with Gasteiger partial charge in [-0.15, -0.1) is 0 Å². The summed E-state index contributed by atoms with van der Waals surface area (Å²) in [5, 5.41) is 0. The molecule has 0 aromatic heterocycles. The van der Waals surface area contributed by atoms with Gasteiger partial charge in [0, 0.05) is 0 Å². The summed E-state index contributed by atoms with van der Waals surface area (Å²) in [4.78, 5) is 10.5. The van der Waals surface area contributed by atoms with Crippen LogP contribution in [0.4, 0.5) is 0 Å². The van der Waals surface area contributed by atoms with Crippen LogP contribution < -0.4 is 0 Å². The summed E-state index contributed by atoms with van der Waals surface area (Å²) in [6, 6.07) is 0. The van der Waals surface area contributed by atoms with Gasteiger partial charge in [-0.3, -0.25) is 4.79 Å². The highest BCUT2D eigenvalue weighted by Gasteiger charge is 2.20. The van der Waals surface area contributed by atoms with E-state index in [0.717, 1.165) is 18.3 Å². The molecule has 0 aromatic carbocycles. The molecular formula is C11H20O. The smallest absolute Gasteiger partial charge is 0.145 e. The van der Waals surface area contributed by atoms with Crippen molar-refractivity contribution in [1.82, 2.24) is 0 Å². The first kappa shape index (κ1) is 11.4. The van der Waals surface area contributed by atoms with Crippen molar-refractivity contribution < 1.29 is 4.79 Å². The summed E-state index contributed by atoms with van der Waals surface area (Å²) in [5.41, 5.74) is 0.718. The van der Waals surface area contributed by atoms with Crippen molar-refractivity contribution in [3.05, 3.63) is 12.2 Å². The zero-order valence-electron chi connectivity index (χ0n) is 8.52. The monoisotopic (exact) mass is 168 g/mol. The van der Waals surface area contributed by atoms with Crippen molar-refractivity contribution in [1.29, 1.82) is 0 Å². The minimum absolute atomic E-state index is 0.00306. The Kier molecular flexibility index (Phi) is 4.87. The molecule has 70 valence electrons. The first-order chi connectivity index (χ1) is 5.54. The SMILES string of the molecule is C=C(C=O)C(C)(C)CCCCC. The fourth-order valence-corrected chi connectivity index (χ4v) is 1.14. The van der Waals surface area contributed by atoms with Gasteiger partial charge < -0.3 is 0 Å². The highest BCUT2D eigenvalue weighted by molar-refractivity contribution is 5.73. The summed E-state index contributed by atoms with van der Waals surface area (Å²) in [6.45, 7) is 10.1. The van der Waals surface area contributed by atoms with E-state index in [2.05, 4.69) is 27.4 Å². The molecule has 12 heavy (non-hydrogen) atoms. The van der Waals surface area contributed by atoms with Crippen molar-refractivity contribution in [2.45, 2.75) is 46.5 Å². The van der Waals surface area contributed by atoms with E-state index in [1.165, 1.54) is 19.3 Å². The van der Waals surface area contributed by atoms with E-state index >= 15 is 0 Å². The van der Waals surface area contributed by atoms with Crippen molar-refractivity contribution in [3.63, 3.8) is 0 Å². The molecule has 0 fully saturated rings. The van der Waals surface area contributed by atoms with Crippen molar-refractivity contribution in [3.8, 4) is 0 Å². The predicted molar refractivity (Wildman–Crippen MR) is 53.1 cm³/mol. The molecule has 0 saturated heterocycles. The van der Waals surface area contributed by atoms with Crippen molar-refractivity contribution in [2.75, 3.05) is 0 Å². The number of carbonyl (C=O) groups is 1. The number of unbranched alkanes of at least 4 members (excludes halogenated alkanes) is 2. The van der Waals surface area contributed by atoms with Crippen LogP contribution in [0.1, 0.15) is 46.5 Å². The average molecular weight is 168 g/mol. The van der Waals surface area contributed by atoms with Crippen LogP contribution in [0.3, 0.4) is 0 Å². The molecule has 1 heteroatoms. The van der Waals surface area contributed by atoms with Crippen LogP contribution in [0.5, 0.6) is 0 Å². The fraction of sp³-hybridized carbons (Fsp3) is 0.727. The van der Waals surface area contributed by atoms with Gasteiger partial charge in [-0.1, -0.05) is 46.6 Å². The molecule has 0 N–H and O–H groups in total. The van der Waals surface area contributed by atoms with Gasteiger partial charge in [0.25, 0.3) is 0 Å². The molecule has 0 aliphatic rings. The second kappa shape index (κ2) is 5.13. The normalized spacial score (nSPS) is 11.2. The molecule has 1 nitrogen and oxygen atoms in total. The average Bonchev–Trinajstić information content (AvgIpc) is 2.03. The number of allylic oxidation sites excluding steroid dienone is 1. The molecule has 0 aliphatic heterocycles. The summed E-state index contributed by atoms with van der Waals surface area (Å²) in [7, 11) is 0. The molecule has 0 heterocycles. The third kappa shape index (κ3) is 3.70. The Morgan fingerprint density at radius 2 is 2.00 bits per heavy atom. The molecule has 0 spiro atoms. The molecule has 0 amide bonds. The van der Waals surface area contributed by atoms with Crippen LogP contribution in [-0.4, -0.2) is 6.29 Å². The maximum absolute atomic E-state index is 10.5. The fourth-order valence-electron chi connectivity index (χ4n) is 1.14. The quantitative estimate of drug-likeness (QED) is 0.338. The van der Waals surface area contributed by atoms with Gasteiger partial charge in [0.2, 0.25) is 0 Å². The van der Waals surface area contributed by atoms with Gasteiger partial charge in [-0.2, -0.15) is 0 Å². The van der Waals surface area contributed by atoms with Crippen molar-refractivity contribution in [2.24, 2.45) is 5.41 Å². The second-order valence-corrected chi connectivity index (χ2v) is 3.98. The predicted octanol–water partition coefficient (Wildman–Crippen LogP) is 3.35. The lowest BCUT2D eigenvalue weighted by atomic mass is 9.81. The molecule has 0 radical (unpaired) electrons. The van der Waals surface area contributed by atoms with Gasteiger partial charge in [0.1, 0.15) is 6.29 Å². The number of hydrogen-bond acceptors (Lipinski definition) is 1. The van der Waals surface area contributed by atoms with E-state index in [4.69, 9.17) is 0 Å². The summed E-state index contributed by atoms with van der Waals surface area (Å²) < 4.78 is 0. The first-order valence-electron chi connectivity index (χ1n) is 4.69. The lowest BCUT2D eigenvalue weighted by Gasteiger charge is -2.23. The number of rotatable bonds is 6. The minimum Gasteiger partial charge on any atom is -0.298 e. The van der Waals surface area contributed by atoms with E-state index in [-0.39, 0.29) is 5.41 Å². The van der Waals surface area contributed by atoms with Gasteiger partial charge in [0.05, 0.1) is 0 Å². The maximum atomic E-state index is 10.5. The minimum atomic E-state index is -0.00306. The third-order valence-corrected chi connectivity index (χ3v) is 2.42. The summed E-state index contributed by atoms with van der Waals surface area (Å²) >= 11 is 0. The third-order valence-electron chi connectivity index (χ3n) is 2.42. The van der Waals surface area contributed by atoms with E-state index in [1.807, 2.05) is 0 Å². The Bertz CT molecular complexity index is 156. The highest BCUT2D eigenvalue weighted by Crippen LogP contribution is 2.29. The summed E-state index contributed by atoms with van der Waals surface area (Å²) in [5.74, 6) is 0. The van der Waals surface area contributed by atoms with Crippen LogP contribution in [0.25, 0.3) is 0 Å². The van der Waals surface area contributed by atoms with E-state index in [9.17, 15) is 4.79 Å². The van der Waals surface area contributed by atoms with Crippen LogP contribution in [0.15, 0.2) is 12.2 Å². The van der Waals surface area contributed by atoms with E-state index < -0.39 is 0 Å². The van der Waals surface area contributed by atoms with Gasteiger partial charge >= 0.3 is 0 Å². The maximum Gasteiger partial charge on any atom is 0.145 e. The van der Waals surface area contributed by atoms with E-state index in [1.54, 1.807) is 0 Å². The topological polar surface area (TPSA) is 17.1 Å². The zero-order chi connectivity index (χ0) is 9.61. The van der Waals surface area contributed by atoms with Crippen LogP contribution >= 0.6 is 0 Å². The van der Waals surface area contributed by atoms with Gasteiger partial charge in [0.15, 0.2) is 0 Å². The lowest BCUT2D eigenvalue weighted by molar-refractivity contribution is -0.105. The zero-order valence-corrected chi connectivity index (χ0v) is 8.52. The Morgan fingerprint density at radius 3 is 2.42 bits per heavy atom. The van der Waals surface area contributed by atoms with Gasteiger partial charge in [-0.05, 0) is 17.4 Å². The Morgan fingerprint density at radius 1 is 1.42 bits per heavy atom. The Hall–Kier alpha value is -0.590. The molecule has 0 rings (SSSR count). The van der Waals surface area contributed by atoms with Crippen LogP contribution in [0.2, 0.25) is 0 Å². The number of carbonyl (C=O) groups excluding carboxylic acids is 1. The van der Waals surface area contributed by atoms with Crippen LogP contribution in [-0.2, 0) is 4.79 Å². The molecule has 0 unspecified atom stereocenters. The van der Waals surface area contributed by atoms with Crippen LogP contribution in [0, 0.1) is 5.41 Å². The van der Waals surface area contributed by atoms with Crippen molar-refractivity contribution >= 4 is 6.29 Å². The molecule has 0 saturated carbocycles. The first-order valence-corrected chi connectivity index (χ1v) is 4.69. The standard InChI is InChI=1S/C11H20O/c1-5-6-7-8-11(3,4)10(2)9-12/h9H,2,5-8H2,1,3-4H3. The molecule has 0 aliphatic carbocycles. The van der Waals surface area contributed by atoms with E-state index in [0.29, 0.717) is 0 Å².